The first-order chi connectivity index (χ1) is 28.7. The van der Waals surface area contributed by atoms with E-state index in [1.54, 1.807) is 0 Å². The minimum absolute atomic E-state index is 0.486. The Morgan fingerprint density at radius 1 is 0.414 bits per heavy atom. The molecule has 1 unspecified atom stereocenters. The maximum Gasteiger partial charge on any atom is 0.159 e. The van der Waals surface area contributed by atoms with Crippen molar-refractivity contribution in [1.82, 2.24) is 5.32 Å². The predicted molar refractivity (Wildman–Crippen MR) is 239 cm³/mol. The van der Waals surface area contributed by atoms with E-state index in [1.807, 2.05) is 30.3 Å². The normalized spacial score (nSPS) is 14.4. The van der Waals surface area contributed by atoms with Crippen LogP contribution in [-0.4, -0.2) is 11.7 Å². The quantitative estimate of drug-likeness (QED) is 0.191. The van der Waals surface area contributed by atoms with E-state index < -0.39 is 6.17 Å². The first kappa shape index (κ1) is 32.5. The second-order valence-electron chi connectivity index (χ2n) is 14.9. The topological polar surface area (TPSA) is 63.0 Å². The molecule has 0 saturated carbocycles. The number of rotatable bonds is 5. The third-order valence-corrected chi connectivity index (χ3v) is 11.5. The molecule has 0 fully saturated rings. The van der Waals surface area contributed by atoms with Crippen molar-refractivity contribution < 1.29 is 8.83 Å². The minimum Gasteiger partial charge on any atom is -0.456 e. The minimum atomic E-state index is -0.486. The van der Waals surface area contributed by atoms with E-state index >= 15 is 0 Å². The van der Waals surface area contributed by atoms with Crippen LogP contribution in [0.5, 0.6) is 0 Å². The molecule has 2 aromatic heterocycles. The summed E-state index contributed by atoms with van der Waals surface area (Å²) in [7, 11) is 0. The Balaban J connectivity index is 1.13. The Morgan fingerprint density at radius 2 is 1.05 bits per heavy atom. The number of amidine groups is 2. The third kappa shape index (κ3) is 5.25. The highest BCUT2D eigenvalue weighted by Crippen LogP contribution is 2.41. The summed E-state index contributed by atoms with van der Waals surface area (Å²) in [6.07, 6.45) is -0.486. The third-order valence-electron chi connectivity index (χ3n) is 11.5. The van der Waals surface area contributed by atoms with Crippen molar-refractivity contribution in [3.63, 3.8) is 0 Å². The van der Waals surface area contributed by atoms with Gasteiger partial charge < -0.3 is 14.2 Å². The van der Waals surface area contributed by atoms with Crippen LogP contribution < -0.4 is 5.32 Å². The molecule has 0 amide bonds. The van der Waals surface area contributed by atoms with E-state index in [0.717, 1.165) is 99.4 Å². The van der Waals surface area contributed by atoms with Gasteiger partial charge in [0, 0.05) is 38.2 Å². The Labute approximate surface area is 333 Å². The number of nitrogens with zero attached hydrogens (tertiary/aromatic N) is 2. The van der Waals surface area contributed by atoms with E-state index in [1.165, 1.54) is 10.8 Å². The molecule has 0 saturated heterocycles. The monoisotopic (exact) mass is 743 g/mol. The maximum atomic E-state index is 6.70. The van der Waals surface area contributed by atoms with E-state index in [-0.39, 0.29) is 0 Å². The highest BCUT2D eigenvalue weighted by atomic mass is 16.3. The van der Waals surface area contributed by atoms with Crippen molar-refractivity contribution in [2.75, 3.05) is 0 Å². The molecule has 58 heavy (non-hydrogen) atoms. The van der Waals surface area contributed by atoms with E-state index in [9.17, 15) is 0 Å². The molecule has 272 valence electrons. The molecule has 1 aliphatic heterocycles. The Bertz CT molecular complexity index is 3480. The number of aliphatic imine (C=N–C) groups is 2. The van der Waals surface area contributed by atoms with Crippen LogP contribution in [0, 0.1) is 0 Å². The second kappa shape index (κ2) is 12.9. The van der Waals surface area contributed by atoms with Gasteiger partial charge in [-0.05, 0) is 86.3 Å². The van der Waals surface area contributed by atoms with Gasteiger partial charge >= 0.3 is 0 Å². The Morgan fingerprint density at radius 3 is 1.90 bits per heavy atom. The number of fused-ring (bicyclic) bond motifs is 8. The summed E-state index contributed by atoms with van der Waals surface area (Å²) < 4.78 is 13.1. The van der Waals surface area contributed by atoms with Gasteiger partial charge in [0.1, 0.15) is 34.3 Å². The van der Waals surface area contributed by atoms with Crippen LogP contribution in [0.25, 0.3) is 87.7 Å². The van der Waals surface area contributed by atoms with Gasteiger partial charge in [0.05, 0.1) is 0 Å². The van der Waals surface area contributed by atoms with E-state index in [4.69, 9.17) is 18.8 Å². The molecule has 5 nitrogen and oxygen atoms in total. The summed E-state index contributed by atoms with van der Waals surface area (Å²) in [5.41, 5.74) is 10.6. The second-order valence-corrected chi connectivity index (χ2v) is 14.9. The average molecular weight is 744 g/mol. The van der Waals surface area contributed by atoms with Gasteiger partial charge in [0.2, 0.25) is 0 Å². The number of hydrogen-bond acceptors (Lipinski definition) is 5. The first-order valence-corrected chi connectivity index (χ1v) is 19.6. The lowest BCUT2D eigenvalue weighted by molar-refractivity contribution is 0.662. The molecule has 0 bridgehead atoms. The Kier molecular flexibility index (Phi) is 7.23. The van der Waals surface area contributed by atoms with Crippen molar-refractivity contribution >= 4 is 77.1 Å². The molecule has 1 N–H and O–H groups in total. The highest BCUT2D eigenvalue weighted by Gasteiger charge is 2.28. The molecule has 5 heteroatoms. The van der Waals surface area contributed by atoms with Gasteiger partial charge in [-0.25, -0.2) is 9.98 Å². The first-order valence-electron chi connectivity index (χ1n) is 19.6. The average Bonchev–Trinajstić information content (AvgIpc) is 3.86. The van der Waals surface area contributed by atoms with Crippen molar-refractivity contribution in [2.45, 2.75) is 6.17 Å². The van der Waals surface area contributed by atoms with Crippen molar-refractivity contribution in [3.8, 4) is 22.3 Å². The van der Waals surface area contributed by atoms with Gasteiger partial charge in [-0.2, -0.15) is 0 Å². The predicted octanol–water partition coefficient (Wildman–Crippen LogP) is 13.6. The summed E-state index contributed by atoms with van der Waals surface area (Å²) in [6.45, 7) is 0. The van der Waals surface area contributed by atoms with Gasteiger partial charge in [0.15, 0.2) is 5.84 Å². The Hall–Kier alpha value is -7.76. The number of para-hydroxylation sites is 1. The number of benzene rings is 9. The molecular weight excluding hydrogens is 711 g/mol. The number of furan rings is 2. The standard InChI is InChI=1S/C53H33N3O2/c1-2-11-32(12-3-1)34-21-24-35(25-22-34)51-54-52(42-18-10-20-45-48(42)41-17-8-9-19-44(41)57-45)56-53(55-51)50-40(39-26-23-33-13-4-5-14-36(33)29-39)27-28-46-49(50)43-30-37-15-6-7-16-38(37)31-47(43)58-46/h1-31,52H,(H,54,55,56). The zero-order chi connectivity index (χ0) is 38.2. The van der Waals surface area contributed by atoms with Crippen LogP contribution in [0.15, 0.2) is 207 Å². The van der Waals surface area contributed by atoms with Gasteiger partial charge in [-0.3, -0.25) is 0 Å². The van der Waals surface area contributed by atoms with Crippen molar-refractivity contribution in [3.05, 3.63) is 205 Å². The van der Waals surface area contributed by atoms with Crippen molar-refractivity contribution in [2.24, 2.45) is 9.98 Å². The zero-order valence-corrected chi connectivity index (χ0v) is 31.2. The van der Waals surface area contributed by atoms with Crippen molar-refractivity contribution in [1.29, 1.82) is 0 Å². The van der Waals surface area contributed by atoms with Crippen LogP contribution in [0.2, 0.25) is 0 Å². The molecular formula is C53H33N3O2. The van der Waals surface area contributed by atoms with E-state index in [0.29, 0.717) is 5.84 Å². The smallest absolute Gasteiger partial charge is 0.159 e. The molecule has 0 aliphatic carbocycles. The fraction of sp³-hybridized carbons (Fsp3) is 0.0189. The fourth-order valence-corrected chi connectivity index (χ4v) is 8.73. The molecule has 3 heterocycles. The largest absolute Gasteiger partial charge is 0.456 e. The molecule has 9 aromatic carbocycles. The van der Waals surface area contributed by atoms with Crippen LogP contribution in [0.4, 0.5) is 0 Å². The van der Waals surface area contributed by atoms with Crippen LogP contribution in [-0.2, 0) is 0 Å². The molecule has 1 atom stereocenters. The summed E-state index contributed by atoms with van der Waals surface area (Å²) in [5.74, 6) is 1.36. The summed E-state index contributed by atoms with van der Waals surface area (Å²) in [5, 5.41) is 12.6. The molecule has 12 rings (SSSR count). The van der Waals surface area contributed by atoms with Gasteiger partial charge in [-0.1, -0.05) is 146 Å². The lowest BCUT2D eigenvalue weighted by atomic mass is 9.92. The summed E-state index contributed by atoms with van der Waals surface area (Å²) in [4.78, 5) is 10.9. The number of nitrogens with one attached hydrogen (secondary N) is 1. The molecule has 11 aromatic rings. The van der Waals surface area contributed by atoms with E-state index in [2.05, 4.69) is 163 Å². The summed E-state index contributed by atoms with van der Waals surface area (Å²) in [6, 6.07) is 65.7. The fourth-order valence-electron chi connectivity index (χ4n) is 8.73. The van der Waals surface area contributed by atoms with Gasteiger partial charge in [0.25, 0.3) is 0 Å². The lowest BCUT2D eigenvalue weighted by Crippen LogP contribution is -2.34. The van der Waals surface area contributed by atoms with Crippen LogP contribution >= 0.6 is 0 Å². The molecule has 0 radical (unpaired) electrons. The zero-order valence-electron chi connectivity index (χ0n) is 31.2. The SMILES string of the molecule is c1ccc(-c2ccc(C3=NC(c4cccc5oc6ccccc6c45)NC(c4c(-c5ccc6ccccc6c5)ccc5oc6cc7ccccc7cc6c45)=N3)cc2)cc1. The van der Waals surface area contributed by atoms with Crippen LogP contribution in [0.1, 0.15) is 22.9 Å². The maximum absolute atomic E-state index is 6.70. The highest BCUT2D eigenvalue weighted by molar-refractivity contribution is 6.26. The van der Waals surface area contributed by atoms with Gasteiger partial charge in [-0.15, -0.1) is 0 Å². The molecule has 0 spiro atoms. The molecule has 1 aliphatic rings. The van der Waals surface area contributed by atoms with Crippen LogP contribution in [0.3, 0.4) is 0 Å². The number of hydrogen-bond donors (Lipinski definition) is 1. The summed E-state index contributed by atoms with van der Waals surface area (Å²) >= 11 is 0. The lowest BCUT2D eigenvalue weighted by Gasteiger charge is -2.26.